The Hall–Kier alpha value is -2.14. The first kappa shape index (κ1) is 13.8. The molecule has 1 aliphatic rings. The lowest BCUT2D eigenvalue weighted by molar-refractivity contribution is -0.0511. The van der Waals surface area contributed by atoms with Gasteiger partial charge >= 0.3 is 0 Å². The van der Waals surface area contributed by atoms with E-state index in [1.807, 2.05) is 0 Å². The van der Waals surface area contributed by atoms with Gasteiger partial charge in [-0.25, -0.2) is 15.0 Å². The molecule has 112 valence electrons. The Bertz CT molecular complexity index is 689. The third kappa shape index (κ3) is 2.05. The van der Waals surface area contributed by atoms with Crippen molar-refractivity contribution >= 4 is 17.1 Å². The maximum absolute atomic E-state index is 11.3. The molecule has 0 aliphatic carbocycles. The monoisotopic (exact) mass is 295 g/mol. The molecule has 5 N–H and O–H groups in total. The number of rotatable bonds is 3. The van der Waals surface area contributed by atoms with Gasteiger partial charge in [0.05, 0.1) is 12.9 Å². The number of aliphatic hydroxyl groups excluding tert-OH is 3. The van der Waals surface area contributed by atoms with Crippen LogP contribution in [-0.2, 0) is 4.74 Å². The van der Waals surface area contributed by atoms with Gasteiger partial charge in [0.15, 0.2) is 17.6 Å². The Morgan fingerprint density at radius 1 is 1.33 bits per heavy atom. The highest BCUT2D eigenvalue weighted by atomic mass is 16.6. The predicted octanol–water partition coefficient (Wildman–Crippen LogP) is -2.46. The number of hydrogen-bond donors (Lipinski definition) is 4. The second kappa shape index (κ2) is 5.00. The predicted molar refractivity (Wildman–Crippen MR) is 66.9 cm³/mol. The van der Waals surface area contributed by atoms with Crippen LogP contribution in [0.25, 0.3) is 11.2 Å². The number of nitrogens with zero attached hydrogens (tertiary/aromatic N) is 4. The summed E-state index contributed by atoms with van der Waals surface area (Å²) in [7, 11) is 0. The van der Waals surface area contributed by atoms with E-state index in [0.29, 0.717) is 0 Å². The lowest BCUT2D eigenvalue weighted by atomic mass is 10.1. The highest BCUT2D eigenvalue weighted by Gasteiger charge is 2.44. The van der Waals surface area contributed by atoms with Crippen LogP contribution >= 0.6 is 0 Å². The molecule has 2 aromatic rings. The standard InChI is InChI=1S/C11H13N5O5/c12-9(20)5-6-10(14-2-13-5)16(3-15-6)11-8(19)7(18)4(1-17)21-11/h2-4,7-8,11,17-19H,1H2,(H2,12,20)/t4-,7+,8-,11+/m0/s1. The summed E-state index contributed by atoms with van der Waals surface area (Å²) in [6.45, 7) is -0.442. The molecule has 21 heavy (non-hydrogen) atoms. The quantitative estimate of drug-likeness (QED) is 0.485. The van der Waals surface area contributed by atoms with Gasteiger partial charge in [-0.1, -0.05) is 0 Å². The summed E-state index contributed by atoms with van der Waals surface area (Å²) in [4.78, 5) is 23.0. The molecular weight excluding hydrogens is 282 g/mol. The lowest BCUT2D eigenvalue weighted by Gasteiger charge is -2.16. The zero-order chi connectivity index (χ0) is 15.1. The van der Waals surface area contributed by atoms with E-state index in [1.165, 1.54) is 10.9 Å². The van der Waals surface area contributed by atoms with Crippen molar-refractivity contribution in [1.82, 2.24) is 19.5 Å². The normalized spacial score (nSPS) is 29.1. The minimum absolute atomic E-state index is 0.0505. The number of hydrogen-bond acceptors (Lipinski definition) is 8. The minimum atomic E-state index is -1.27. The van der Waals surface area contributed by atoms with Crippen LogP contribution in [0.15, 0.2) is 12.7 Å². The molecule has 0 unspecified atom stereocenters. The number of primary amides is 1. The first-order valence-corrected chi connectivity index (χ1v) is 6.14. The molecule has 1 amide bonds. The molecule has 0 bridgehead atoms. The van der Waals surface area contributed by atoms with E-state index in [4.69, 9.17) is 15.6 Å². The topological polar surface area (TPSA) is 157 Å². The van der Waals surface area contributed by atoms with Crippen LogP contribution in [0.1, 0.15) is 16.7 Å². The number of imidazole rings is 1. The zero-order valence-corrected chi connectivity index (χ0v) is 10.7. The molecule has 4 atom stereocenters. The first-order chi connectivity index (χ1) is 10.0. The van der Waals surface area contributed by atoms with Gasteiger partial charge in [0, 0.05) is 0 Å². The molecular formula is C11H13N5O5. The number of carbonyl (C=O) groups is 1. The molecule has 0 saturated carbocycles. The Labute approximate surface area is 117 Å². The summed E-state index contributed by atoms with van der Waals surface area (Å²) in [6.07, 6.45) is -1.98. The number of ether oxygens (including phenoxy) is 1. The van der Waals surface area contributed by atoms with Crippen LogP contribution < -0.4 is 5.73 Å². The van der Waals surface area contributed by atoms with Crippen molar-refractivity contribution in [2.75, 3.05) is 6.61 Å². The smallest absolute Gasteiger partial charge is 0.269 e. The molecule has 1 aliphatic heterocycles. The Balaban J connectivity index is 2.06. The van der Waals surface area contributed by atoms with Crippen molar-refractivity contribution in [3.05, 3.63) is 18.3 Å². The molecule has 0 aromatic carbocycles. The van der Waals surface area contributed by atoms with E-state index >= 15 is 0 Å². The second-order valence-corrected chi connectivity index (χ2v) is 4.64. The van der Waals surface area contributed by atoms with Gasteiger partial charge in [0.1, 0.15) is 30.2 Å². The van der Waals surface area contributed by atoms with Crippen molar-refractivity contribution in [3.8, 4) is 0 Å². The van der Waals surface area contributed by atoms with E-state index in [0.717, 1.165) is 6.33 Å². The molecule has 0 spiro atoms. The van der Waals surface area contributed by atoms with E-state index in [2.05, 4.69) is 15.0 Å². The van der Waals surface area contributed by atoms with Crippen molar-refractivity contribution in [3.63, 3.8) is 0 Å². The number of amides is 1. The Kier molecular flexibility index (Phi) is 3.29. The van der Waals surface area contributed by atoms with Crippen LogP contribution in [0.5, 0.6) is 0 Å². The molecule has 3 rings (SSSR count). The average Bonchev–Trinajstić information content (AvgIpc) is 3.01. The van der Waals surface area contributed by atoms with Gasteiger partial charge in [-0.05, 0) is 0 Å². The van der Waals surface area contributed by atoms with Gasteiger partial charge < -0.3 is 25.8 Å². The van der Waals surface area contributed by atoms with Gasteiger partial charge in [-0.2, -0.15) is 0 Å². The van der Waals surface area contributed by atoms with Crippen molar-refractivity contribution in [1.29, 1.82) is 0 Å². The van der Waals surface area contributed by atoms with Gasteiger partial charge in [0.2, 0.25) is 0 Å². The number of fused-ring (bicyclic) bond motifs is 1. The van der Waals surface area contributed by atoms with Crippen molar-refractivity contribution in [2.24, 2.45) is 5.73 Å². The fraction of sp³-hybridized carbons (Fsp3) is 0.455. The molecule has 3 heterocycles. The lowest BCUT2D eigenvalue weighted by Crippen LogP contribution is -2.33. The molecule has 2 aromatic heterocycles. The fourth-order valence-electron chi connectivity index (χ4n) is 2.33. The van der Waals surface area contributed by atoms with E-state index in [-0.39, 0.29) is 16.9 Å². The van der Waals surface area contributed by atoms with Gasteiger partial charge in [-0.3, -0.25) is 9.36 Å². The van der Waals surface area contributed by atoms with Crippen LogP contribution in [0.2, 0.25) is 0 Å². The number of nitrogens with two attached hydrogens (primary N) is 1. The van der Waals surface area contributed by atoms with Crippen LogP contribution in [-0.4, -0.2) is 65.7 Å². The van der Waals surface area contributed by atoms with Crippen LogP contribution in [0.4, 0.5) is 0 Å². The molecule has 1 saturated heterocycles. The Morgan fingerprint density at radius 2 is 2.10 bits per heavy atom. The van der Waals surface area contributed by atoms with Crippen molar-refractivity contribution < 1.29 is 24.9 Å². The number of aromatic nitrogens is 4. The Morgan fingerprint density at radius 3 is 2.71 bits per heavy atom. The first-order valence-electron chi connectivity index (χ1n) is 6.14. The summed E-state index contributed by atoms with van der Waals surface area (Å²) in [5, 5.41) is 28.9. The van der Waals surface area contributed by atoms with Crippen LogP contribution in [0.3, 0.4) is 0 Å². The molecule has 0 radical (unpaired) electrons. The summed E-state index contributed by atoms with van der Waals surface area (Å²) in [5.41, 5.74) is 5.55. The average molecular weight is 295 g/mol. The summed E-state index contributed by atoms with van der Waals surface area (Å²) < 4.78 is 6.74. The second-order valence-electron chi connectivity index (χ2n) is 4.64. The summed E-state index contributed by atoms with van der Waals surface area (Å²) in [6, 6.07) is 0. The fourth-order valence-corrected chi connectivity index (χ4v) is 2.33. The maximum atomic E-state index is 11.3. The van der Waals surface area contributed by atoms with E-state index in [1.54, 1.807) is 0 Å². The van der Waals surface area contributed by atoms with Crippen LogP contribution in [0, 0.1) is 0 Å². The SMILES string of the molecule is NC(=O)c1ncnc2c1ncn2[C@@H]1O[C@@H](CO)[C@@H](O)[C@@H]1O. The molecule has 10 heteroatoms. The minimum Gasteiger partial charge on any atom is -0.394 e. The summed E-state index contributed by atoms with van der Waals surface area (Å²) >= 11 is 0. The van der Waals surface area contributed by atoms with Gasteiger partial charge in [0.25, 0.3) is 5.91 Å². The molecule has 10 nitrogen and oxygen atoms in total. The third-order valence-corrected chi connectivity index (χ3v) is 3.38. The highest BCUT2D eigenvalue weighted by Crippen LogP contribution is 2.31. The zero-order valence-electron chi connectivity index (χ0n) is 10.7. The number of carbonyl (C=O) groups excluding carboxylic acids is 1. The van der Waals surface area contributed by atoms with Gasteiger partial charge in [-0.15, -0.1) is 0 Å². The van der Waals surface area contributed by atoms with E-state index in [9.17, 15) is 15.0 Å². The van der Waals surface area contributed by atoms with E-state index < -0.39 is 37.1 Å². The number of aliphatic hydroxyl groups is 3. The third-order valence-electron chi connectivity index (χ3n) is 3.38. The highest BCUT2D eigenvalue weighted by molar-refractivity contribution is 6.01. The largest absolute Gasteiger partial charge is 0.394 e. The maximum Gasteiger partial charge on any atom is 0.269 e. The summed E-state index contributed by atoms with van der Waals surface area (Å²) in [5.74, 6) is -0.756. The molecule has 1 fully saturated rings. The van der Waals surface area contributed by atoms with Crippen molar-refractivity contribution in [2.45, 2.75) is 24.5 Å².